The van der Waals surface area contributed by atoms with E-state index in [0.29, 0.717) is 11.3 Å². The lowest BCUT2D eigenvalue weighted by molar-refractivity contribution is -0.149. The van der Waals surface area contributed by atoms with Gasteiger partial charge in [0, 0.05) is 11.6 Å². The molecule has 2 heterocycles. The SMILES string of the molecule is COc1ccccc1N1C(=O)C2C(c3cccc(OC)c3O)NC(CC(C)C)(C(=O)O)C2C1=O. The molecular formula is C25H28N2O7. The average Bonchev–Trinajstić information content (AvgIpc) is 3.27. The van der Waals surface area contributed by atoms with Crippen molar-refractivity contribution in [1.82, 2.24) is 5.32 Å². The predicted octanol–water partition coefficient (Wildman–Crippen LogP) is 2.73. The maximum Gasteiger partial charge on any atom is 0.324 e. The maximum atomic E-state index is 13.8. The minimum atomic E-state index is -1.71. The number of amides is 2. The fourth-order valence-corrected chi connectivity index (χ4v) is 5.39. The first-order valence-corrected chi connectivity index (χ1v) is 11.1. The second-order valence-electron chi connectivity index (χ2n) is 9.08. The normalized spacial score (nSPS) is 26.1. The summed E-state index contributed by atoms with van der Waals surface area (Å²) < 4.78 is 10.6. The van der Waals surface area contributed by atoms with Crippen LogP contribution < -0.4 is 19.7 Å². The van der Waals surface area contributed by atoms with Gasteiger partial charge < -0.3 is 19.7 Å². The van der Waals surface area contributed by atoms with Gasteiger partial charge in [-0.05, 0) is 30.5 Å². The number of phenolic OH excluding ortho intramolecular Hbond substituents is 1. The van der Waals surface area contributed by atoms with Crippen molar-refractivity contribution >= 4 is 23.5 Å². The number of benzene rings is 2. The van der Waals surface area contributed by atoms with Crippen molar-refractivity contribution < 1.29 is 34.1 Å². The molecule has 2 saturated heterocycles. The van der Waals surface area contributed by atoms with Gasteiger partial charge in [0.15, 0.2) is 11.5 Å². The van der Waals surface area contributed by atoms with Crippen LogP contribution in [0, 0.1) is 17.8 Å². The topological polar surface area (TPSA) is 125 Å². The molecule has 0 spiro atoms. The van der Waals surface area contributed by atoms with Crippen molar-refractivity contribution in [2.24, 2.45) is 17.8 Å². The Labute approximate surface area is 197 Å². The number of fused-ring (bicyclic) bond motifs is 1. The number of carbonyl (C=O) groups is 3. The lowest BCUT2D eigenvalue weighted by Crippen LogP contribution is -2.56. The van der Waals surface area contributed by atoms with Crippen LogP contribution in [0.5, 0.6) is 17.2 Å². The summed E-state index contributed by atoms with van der Waals surface area (Å²) >= 11 is 0. The van der Waals surface area contributed by atoms with Gasteiger partial charge in [-0.3, -0.25) is 19.7 Å². The molecule has 4 unspecified atom stereocenters. The van der Waals surface area contributed by atoms with Crippen LogP contribution in [0.15, 0.2) is 42.5 Å². The van der Waals surface area contributed by atoms with Crippen LogP contribution in [0.25, 0.3) is 0 Å². The van der Waals surface area contributed by atoms with Gasteiger partial charge in [-0.1, -0.05) is 38.1 Å². The average molecular weight is 469 g/mol. The Morgan fingerprint density at radius 2 is 1.71 bits per heavy atom. The number of hydrogen-bond donors (Lipinski definition) is 3. The van der Waals surface area contributed by atoms with Crippen molar-refractivity contribution in [3.05, 3.63) is 48.0 Å². The molecule has 180 valence electrons. The van der Waals surface area contributed by atoms with Crippen LogP contribution in [-0.2, 0) is 14.4 Å². The second kappa shape index (κ2) is 8.64. The first-order valence-electron chi connectivity index (χ1n) is 11.1. The fraction of sp³-hybridized carbons (Fsp3) is 0.400. The quantitative estimate of drug-likeness (QED) is 0.530. The lowest BCUT2D eigenvalue weighted by atomic mass is 9.75. The number of rotatable bonds is 7. The summed E-state index contributed by atoms with van der Waals surface area (Å²) in [7, 11) is 2.83. The molecule has 2 amide bonds. The van der Waals surface area contributed by atoms with Gasteiger partial charge in [-0.25, -0.2) is 4.90 Å². The molecule has 0 aliphatic carbocycles. The zero-order valence-corrected chi connectivity index (χ0v) is 19.4. The molecule has 3 N–H and O–H groups in total. The third-order valence-electron chi connectivity index (χ3n) is 6.68. The Hall–Kier alpha value is -3.59. The van der Waals surface area contributed by atoms with Gasteiger partial charge in [0.1, 0.15) is 11.3 Å². The highest BCUT2D eigenvalue weighted by Crippen LogP contribution is 2.54. The number of nitrogens with one attached hydrogen (secondary N) is 1. The smallest absolute Gasteiger partial charge is 0.324 e. The van der Waals surface area contributed by atoms with Crippen LogP contribution in [0.2, 0.25) is 0 Å². The van der Waals surface area contributed by atoms with E-state index in [1.807, 2.05) is 13.8 Å². The molecule has 2 aliphatic heterocycles. The van der Waals surface area contributed by atoms with Crippen molar-refractivity contribution in [3.8, 4) is 17.2 Å². The van der Waals surface area contributed by atoms with E-state index >= 15 is 0 Å². The number of aromatic hydroxyl groups is 1. The first-order chi connectivity index (χ1) is 16.2. The summed E-state index contributed by atoms with van der Waals surface area (Å²) in [6, 6.07) is 10.5. The summed E-state index contributed by atoms with van der Waals surface area (Å²) in [5, 5.41) is 24.3. The van der Waals surface area contributed by atoms with E-state index in [0.717, 1.165) is 4.90 Å². The van der Waals surface area contributed by atoms with E-state index in [-0.39, 0.29) is 29.5 Å². The van der Waals surface area contributed by atoms with Crippen LogP contribution in [0.1, 0.15) is 31.9 Å². The highest BCUT2D eigenvalue weighted by molar-refractivity contribution is 6.24. The molecule has 2 fully saturated rings. The Morgan fingerprint density at radius 1 is 1.06 bits per heavy atom. The molecule has 4 atom stereocenters. The van der Waals surface area contributed by atoms with Gasteiger partial charge in [-0.15, -0.1) is 0 Å². The molecule has 2 aliphatic rings. The van der Waals surface area contributed by atoms with Gasteiger partial charge >= 0.3 is 5.97 Å². The highest BCUT2D eigenvalue weighted by atomic mass is 16.5. The third kappa shape index (κ3) is 3.38. The number of anilines is 1. The molecule has 34 heavy (non-hydrogen) atoms. The molecule has 9 heteroatoms. The number of nitrogens with zero attached hydrogens (tertiary/aromatic N) is 1. The summed E-state index contributed by atoms with van der Waals surface area (Å²) in [5.74, 6) is -4.40. The zero-order chi connectivity index (χ0) is 24.8. The van der Waals surface area contributed by atoms with Gasteiger partial charge in [-0.2, -0.15) is 0 Å². The number of methoxy groups -OCH3 is 2. The molecular weight excluding hydrogens is 440 g/mol. The van der Waals surface area contributed by atoms with E-state index < -0.39 is 41.2 Å². The predicted molar refractivity (Wildman–Crippen MR) is 123 cm³/mol. The van der Waals surface area contributed by atoms with Gasteiger partial charge in [0.25, 0.3) is 0 Å². The zero-order valence-electron chi connectivity index (χ0n) is 19.4. The number of carboxylic acid groups (broad SMARTS) is 1. The van der Waals surface area contributed by atoms with E-state index in [2.05, 4.69) is 5.32 Å². The van der Waals surface area contributed by atoms with E-state index in [4.69, 9.17) is 9.47 Å². The number of hydrogen-bond acceptors (Lipinski definition) is 7. The van der Waals surface area contributed by atoms with Crippen molar-refractivity contribution in [3.63, 3.8) is 0 Å². The highest BCUT2D eigenvalue weighted by Gasteiger charge is 2.69. The number of aliphatic carboxylic acids is 1. The number of ether oxygens (including phenoxy) is 2. The fourth-order valence-electron chi connectivity index (χ4n) is 5.39. The molecule has 0 radical (unpaired) electrons. The summed E-state index contributed by atoms with van der Waals surface area (Å²) in [6.45, 7) is 3.72. The number of phenols is 1. The van der Waals surface area contributed by atoms with Gasteiger partial charge in [0.05, 0.1) is 31.7 Å². The second-order valence-corrected chi connectivity index (χ2v) is 9.08. The Balaban J connectivity index is 1.92. The van der Waals surface area contributed by atoms with Crippen LogP contribution in [-0.4, -0.2) is 47.8 Å². The molecule has 2 aromatic rings. The van der Waals surface area contributed by atoms with E-state index in [1.165, 1.54) is 14.2 Å². The van der Waals surface area contributed by atoms with Crippen molar-refractivity contribution in [2.45, 2.75) is 31.8 Å². The summed E-state index contributed by atoms with van der Waals surface area (Å²) in [6.07, 6.45) is 0.115. The number of carbonyl (C=O) groups excluding carboxylic acids is 2. The minimum Gasteiger partial charge on any atom is -0.504 e. The van der Waals surface area contributed by atoms with Crippen LogP contribution >= 0.6 is 0 Å². The van der Waals surface area contributed by atoms with Gasteiger partial charge in [0.2, 0.25) is 11.8 Å². The third-order valence-corrected chi connectivity index (χ3v) is 6.68. The Bertz CT molecular complexity index is 1150. The first kappa shape index (κ1) is 23.6. The Morgan fingerprint density at radius 3 is 2.32 bits per heavy atom. The molecule has 0 saturated carbocycles. The minimum absolute atomic E-state index is 0.0925. The molecule has 0 bridgehead atoms. The van der Waals surface area contributed by atoms with Crippen LogP contribution in [0.4, 0.5) is 5.69 Å². The Kier molecular flexibility index (Phi) is 5.99. The summed E-state index contributed by atoms with van der Waals surface area (Å²) in [4.78, 5) is 41.4. The summed E-state index contributed by atoms with van der Waals surface area (Å²) in [5.41, 5.74) is -1.15. The van der Waals surface area contributed by atoms with Crippen LogP contribution in [0.3, 0.4) is 0 Å². The van der Waals surface area contributed by atoms with E-state index in [1.54, 1.807) is 42.5 Å². The number of imide groups is 1. The van der Waals surface area contributed by atoms with Crippen molar-refractivity contribution in [2.75, 3.05) is 19.1 Å². The monoisotopic (exact) mass is 468 g/mol. The lowest BCUT2D eigenvalue weighted by Gasteiger charge is -2.32. The number of carboxylic acids is 1. The standard InChI is InChI=1S/C25H28N2O7/c1-13(2)12-25(24(31)32)19-18(20(26-25)14-8-7-11-17(34-4)21(14)28)22(29)27(23(19)30)15-9-5-6-10-16(15)33-3/h5-11,13,18-20,26,28H,12H2,1-4H3,(H,31,32). The number of para-hydroxylation sites is 3. The largest absolute Gasteiger partial charge is 0.504 e. The maximum absolute atomic E-state index is 13.8. The molecule has 2 aromatic carbocycles. The van der Waals surface area contributed by atoms with E-state index in [9.17, 15) is 24.6 Å². The molecule has 9 nitrogen and oxygen atoms in total. The van der Waals surface area contributed by atoms with Crippen molar-refractivity contribution in [1.29, 1.82) is 0 Å². The molecule has 0 aromatic heterocycles. The molecule has 4 rings (SSSR count).